The van der Waals surface area contributed by atoms with E-state index in [0.29, 0.717) is 5.75 Å². The highest BCUT2D eigenvalue weighted by atomic mass is 16.5. The van der Waals surface area contributed by atoms with E-state index in [-0.39, 0.29) is 0 Å². The maximum atomic E-state index is 5.08. The molecule has 2 nitrogen and oxygen atoms in total. The molecule has 2 rings (SSSR count). The molecular formula is C16H16O2. The van der Waals surface area contributed by atoms with E-state index in [2.05, 4.69) is 18.7 Å². The van der Waals surface area contributed by atoms with Gasteiger partial charge in [-0.15, -0.1) is 0 Å². The van der Waals surface area contributed by atoms with Crippen LogP contribution in [0, 0.1) is 12.1 Å². The number of hydrogen-bond donors (Lipinski definition) is 0. The van der Waals surface area contributed by atoms with Crippen molar-refractivity contribution >= 4 is 6.08 Å². The molecule has 0 saturated heterocycles. The Labute approximate surface area is 108 Å². The van der Waals surface area contributed by atoms with Gasteiger partial charge in [0.15, 0.2) is 0 Å². The zero-order chi connectivity index (χ0) is 13.2. The smallest absolute Gasteiger partial charge is 0.127 e. The third-order valence-corrected chi connectivity index (χ3v) is 2.18. The van der Waals surface area contributed by atoms with Gasteiger partial charge in [-0.05, 0) is 18.2 Å². The highest BCUT2D eigenvalue weighted by Crippen LogP contribution is 2.23. The molecular weight excluding hydrogens is 224 g/mol. The maximum Gasteiger partial charge on any atom is 0.127 e. The van der Waals surface area contributed by atoms with Crippen LogP contribution in [0.5, 0.6) is 11.5 Å². The Kier molecular flexibility index (Phi) is 6.12. The van der Waals surface area contributed by atoms with Crippen molar-refractivity contribution in [1.29, 1.82) is 0 Å². The third-order valence-electron chi connectivity index (χ3n) is 2.18. The van der Waals surface area contributed by atoms with Crippen molar-refractivity contribution in [3.63, 3.8) is 0 Å². The van der Waals surface area contributed by atoms with Gasteiger partial charge in [-0.2, -0.15) is 0 Å². The molecule has 0 spiro atoms. The van der Waals surface area contributed by atoms with Crippen LogP contribution in [0.2, 0.25) is 0 Å². The normalized spacial score (nSPS) is 8.78. The van der Waals surface area contributed by atoms with Crippen LogP contribution in [0.4, 0.5) is 0 Å². The first-order chi connectivity index (χ1) is 8.81. The molecule has 0 N–H and O–H groups in total. The van der Waals surface area contributed by atoms with E-state index in [9.17, 15) is 0 Å². The van der Waals surface area contributed by atoms with Crippen molar-refractivity contribution < 1.29 is 9.47 Å². The summed E-state index contributed by atoms with van der Waals surface area (Å²) in [6, 6.07) is 19.0. The minimum absolute atomic E-state index is 0.686. The summed E-state index contributed by atoms with van der Waals surface area (Å²) in [5.74, 6) is 1.44. The van der Waals surface area contributed by atoms with Gasteiger partial charge in [-0.1, -0.05) is 43.0 Å². The van der Waals surface area contributed by atoms with Crippen LogP contribution < -0.4 is 9.47 Å². The van der Waals surface area contributed by atoms with E-state index in [1.165, 1.54) is 0 Å². The summed E-state index contributed by atoms with van der Waals surface area (Å²) in [7, 11) is 3.22. The SMILES string of the molecule is C=Cc1cc(OC)[c]cc1OC.[c]1ccccc1. The molecule has 0 amide bonds. The second kappa shape index (κ2) is 7.96. The number of benzene rings is 2. The molecule has 2 aromatic carbocycles. The van der Waals surface area contributed by atoms with Crippen LogP contribution in [0.3, 0.4) is 0 Å². The Morgan fingerprint density at radius 3 is 2.22 bits per heavy atom. The fourth-order valence-electron chi connectivity index (χ4n) is 1.27. The van der Waals surface area contributed by atoms with Crippen LogP contribution in [-0.2, 0) is 0 Å². The van der Waals surface area contributed by atoms with Crippen molar-refractivity contribution in [3.05, 3.63) is 66.7 Å². The fourth-order valence-corrected chi connectivity index (χ4v) is 1.27. The van der Waals surface area contributed by atoms with Gasteiger partial charge in [-0.25, -0.2) is 0 Å². The lowest BCUT2D eigenvalue weighted by atomic mass is 10.2. The molecule has 2 radical (unpaired) electrons. The first kappa shape index (κ1) is 13.8. The molecule has 0 heterocycles. The summed E-state index contributed by atoms with van der Waals surface area (Å²) in [5, 5.41) is 0. The average molecular weight is 240 g/mol. The van der Waals surface area contributed by atoms with E-state index < -0.39 is 0 Å². The van der Waals surface area contributed by atoms with Crippen molar-refractivity contribution in [2.75, 3.05) is 14.2 Å². The topological polar surface area (TPSA) is 18.5 Å². The van der Waals surface area contributed by atoms with Gasteiger partial charge in [0, 0.05) is 11.6 Å². The molecule has 18 heavy (non-hydrogen) atoms. The molecule has 2 heteroatoms. The summed E-state index contributed by atoms with van der Waals surface area (Å²) in [6.45, 7) is 3.67. The number of methoxy groups -OCH3 is 2. The first-order valence-electron chi connectivity index (χ1n) is 5.49. The fraction of sp³-hybridized carbons (Fsp3) is 0.125. The van der Waals surface area contributed by atoms with Crippen LogP contribution in [0.25, 0.3) is 6.08 Å². The van der Waals surface area contributed by atoms with E-state index in [1.54, 1.807) is 26.4 Å². The van der Waals surface area contributed by atoms with Crippen LogP contribution in [-0.4, -0.2) is 14.2 Å². The van der Waals surface area contributed by atoms with Gasteiger partial charge in [0.05, 0.1) is 14.2 Å². The molecule has 0 fully saturated rings. The Bertz CT molecular complexity index is 437. The standard InChI is InChI=1S/C10H11O2.C6H5/c1-4-8-7-9(11-2)5-6-10(8)12-3;1-2-4-6-5-3-1/h4,6-7H,1H2,2-3H3;1-5H. The zero-order valence-corrected chi connectivity index (χ0v) is 10.6. The number of ether oxygens (including phenoxy) is 2. The maximum absolute atomic E-state index is 5.08. The zero-order valence-electron chi connectivity index (χ0n) is 10.6. The van der Waals surface area contributed by atoms with Crippen LogP contribution >= 0.6 is 0 Å². The summed E-state index contributed by atoms with van der Waals surface area (Å²) < 4.78 is 10.1. The van der Waals surface area contributed by atoms with Crippen LogP contribution in [0.1, 0.15) is 5.56 Å². The van der Waals surface area contributed by atoms with Crippen molar-refractivity contribution in [2.24, 2.45) is 0 Å². The largest absolute Gasteiger partial charge is 0.496 e. The van der Waals surface area contributed by atoms with Crippen molar-refractivity contribution in [3.8, 4) is 11.5 Å². The quantitative estimate of drug-likeness (QED) is 0.815. The highest BCUT2D eigenvalue weighted by molar-refractivity contribution is 5.57. The monoisotopic (exact) mass is 240 g/mol. The molecule has 2 aromatic rings. The predicted octanol–water partition coefficient (Wildman–Crippen LogP) is 3.63. The Morgan fingerprint density at radius 2 is 1.83 bits per heavy atom. The molecule has 0 aliphatic heterocycles. The molecule has 0 atom stereocenters. The molecule has 0 aromatic heterocycles. The average Bonchev–Trinajstić information content (AvgIpc) is 2.48. The highest BCUT2D eigenvalue weighted by Gasteiger charge is 2.00. The second-order valence-electron chi connectivity index (χ2n) is 3.31. The van der Waals surface area contributed by atoms with E-state index in [1.807, 2.05) is 36.4 Å². The Balaban J connectivity index is 0.000000225. The molecule has 0 unspecified atom stereocenters. The van der Waals surface area contributed by atoms with Gasteiger partial charge >= 0.3 is 0 Å². The van der Waals surface area contributed by atoms with Crippen LogP contribution in [0.15, 0.2) is 49.0 Å². The second-order valence-corrected chi connectivity index (χ2v) is 3.31. The van der Waals surface area contributed by atoms with E-state index in [0.717, 1.165) is 11.3 Å². The minimum atomic E-state index is 0.686. The molecule has 0 bridgehead atoms. The summed E-state index contributed by atoms with van der Waals surface area (Å²) >= 11 is 0. The summed E-state index contributed by atoms with van der Waals surface area (Å²) in [4.78, 5) is 0. The lowest BCUT2D eigenvalue weighted by Gasteiger charge is -2.05. The van der Waals surface area contributed by atoms with Crippen molar-refractivity contribution in [2.45, 2.75) is 0 Å². The Morgan fingerprint density at radius 1 is 1.11 bits per heavy atom. The number of rotatable bonds is 3. The third kappa shape index (κ3) is 4.34. The van der Waals surface area contributed by atoms with Gasteiger partial charge < -0.3 is 9.47 Å². The lowest BCUT2D eigenvalue weighted by Crippen LogP contribution is -1.89. The van der Waals surface area contributed by atoms with E-state index in [4.69, 9.17) is 9.47 Å². The minimum Gasteiger partial charge on any atom is -0.496 e. The summed E-state index contributed by atoms with van der Waals surface area (Å²) in [5.41, 5.74) is 0.910. The van der Waals surface area contributed by atoms with Gasteiger partial charge in [-0.3, -0.25) is 0 Å². The van der Waals surface area contributed by atoms with Crippen molar-refractivity contribution in [1.82, 2.24) is 0 Å². The van der Waals surface area contributed by atoms with Gasteiger partial charge in [0.1, 0.15) is 11.5 Å². The molecule has 0 aliphatic rings. The predicted molar refractivity (Wildman–Crippen MR) is 73.8 cm³/mol. The number of hydrogen-bond acceptors (Lipinski definition) is 2. The van der Waals surface area contributed by atoms with Gasteiger partial charge in [0.2, 0.25) is 0 Å². The Hall–Kier alpha value is -2.22. The lowest BCUT2D eigenvalue weighted by molar-refractivity contribution is 0.401. The first-order valence-corrected chi connectivity index (χ1v) is 5.49. The molecule has 0 aliphatic carbocycles. The molecule has 92 valence electrons. The van der Waals surface area contributed by atoms with E-state index >= 15 is 0 Å². The van der Waals surface area contributed by atoms with Gasteiger partial charge in [0.25, 0.3) is 0 Å². The molecule has 0 saturated carbocycles. The summed E-state index contributed by atoms with van der Waals surface area (Å²) in [6.07, 6.45) is 1.72.